The van der Waals surface area contributed by atoms with Gasteiger partial charge in [0.05, 0.1) is 5.54 Å². The molecule has 1 N–H and O–H groups in total. The minimum absolute atomic E-state index is 0.226. The molecule has 0 spiro atoms. The largest absolute Gasteiger partial charge is 0.444 e. The van der Waals surface area contributed by atoms with Gasteiger partial charge in [0.2, 0.25) is 0 Å². The van der Waals surface area contributed by atoms with E-state index < -0.39 is 5.60 Å². The summed E-state index contributed by atoms with van der Waals surface area (Å²) in [7, 11) is 0. The van der Waals surface area contributed by atoms with Gasteiger partial charge < -0.3 is 15.0 Å². The first-order valence-corrected chi connectivity index (χ1v) is 7.09. The van der Waals surface area contributed by atoms with E-state index in [0.717, 1.165) is 6.54 Å². The zero-order valence-electron chi connectivity index (χ0n) is 12.8. The highest BCUT2D eigenvalue weighted by Gasteiger charge is 2.35. The summed E-state index contributed by atoms with van der Waals surface area (Å²) >= 11 is 0. The van der Waals surface area contributed by atoms with Crippen LogP contribution in [-0.4, -0.2) is 36.2 Å². The Morgan fingerprint density at radius 3 is 2.55 bits per heavy atom. The van der Waals surface area contributed by atoms with Gasteiger partial charge in [0.15, 0.2) is 0 Å². The van der Waals surface area contributed by atoms with Crippen LogP contribution < -0.4 is 5.32 Å². The van der Waals surface area contributed by atoms with E-state index >= 15 is 0 Å². The number of piperazine rings is 1. The summed E-state index contributed by atoms with van der Waals surface area (Å²) in [6.07, 6.45) is -0.235. The van der Waals surface area contributed by atoms with Crippen LogP contribution in [0.3, 0.4) is 0 Å². The lowest BCUT2D eigenvalue weighted by Crippen LogP contribution is -2.58. The molecule has 1 atom stereocenters. The fraction of sp³-hybridized carbons (Fsp3) is 0.562. The molecule has 1 amide bonds. The molecule has 1 saturated heterocycles. The fourth-order valence-electron chi connectivity index (χ4n) is 2.47. The van der Waals surface area contributed by atoms with Gasteiger partial charge >= 0.3 is 6.09 Å². The molecular formula is C16H24N2O2. The van der Waals surface area contributed by atoms with Gasteiger partial charge in [-0.2, -0.15) is 0 Å². The molecule has 0 bridgehead atoms. The Morgan fingerprint density at radius 1 is 1.30 bits per heavy atom. The number of nitrogens with one attached hydrogen (secondary N) is 1. The molecule has 4 heteroatoms. The van der Waals surface area contributed by atoms with Crippen molar-refractivity contribution >= 4 is 6.09 Å². The fourth-order valence-corrected chi connectivity index (χ4v) is 2.47. The van der Waals surface area contributed by atoms with Crippen molar-refractivity contribution in [2.24, 2.45) is 0 Å². The number of nitrogens with zero attached hydrogens (tertiary/aromatic N) is 1. The molecule has 4 nitrogen and oxygen atoms in total. The number of hydrogen-bond acceptors (Lipinski definition) is 3. The van der Waals surface area contributed by atoms with Gasteiger partial charge in [-0.25, -0.2) is 4.79 Å². The monoisotopic (exact) mass is 276 g/mol. The van der Waals surface area contributed by atoms with E-state index in [2.05, 4.69) is 24.4 Å². The predicted octanol–water partition coefficient (Wildman–Crippen LogP) is 2.74. The molecule has 110 valence electrons. The van der Waals surface area contributed by atoms with Crippen LogP contribution in [0, 0.1) is 0 Å². The molecule has 20 heavy (non-hydrogen) atoms. The van der Waals surface area contributed by atoms with Crippen LogP contribution in [0.1, 0.15) is 33.3 Å². The number of amides is 1. The van der Waals surface area contributed by atoms with Crippen molar-refractivity contribution in [2.45, 2.75) is 38.8 Å². The summed E-state index contributed by atoms with van der Waals surface area (Å²) in [5.41, 5.74) is 0.509. The maximum absolute atomic E-state index is 12.2. The van der Waals surface area contributed by atoms with Crippen molar-refractivity contribution < 1.29 is 9.53 Å². The molecule has 1 aliphatic rings. The number of carbonyl (C=O) groups is 1. The van der Waals surface area contributed by atoms with Gasteiger partial charge in [0.25, 0.3) is 0 Å². The van der Waals surface area contributed by atoms with Crippen molar-refractivity contribution in [3.05, 3.63) is 35.9 Å². The predicted molar refractivity (Wildman–Crippen MR) is 79.6 cm³/mol. The summed E-state index contributed by atoms with van der Waals surface area (Å²) in [6, 6.07) is 10.2. The van der Waals surface area contributed by atoms with Gasteiger partial charge in [-0.3, -0.25) is 0 Å². The average molecular weight is 276 g/mol. The SMILES string of the molecule is CC(C)(C)OC(=O)N1CCN[C@](C)(c2ccccc2)C1. The lowest BCUT2D eigenvalue weighted by Gasteiger charge is -2.42. The van der Waals surface area contributed by atoms with E-state index in [-0.39, 0.29) is 11.6 Å². The molecule has 0 radical (unpaired) electrons. The second kappa shape index (κ2) is 5.44. The number of rotatable bonds is 1. The summed E-state index contributed by atoms with van der Waals surface area (Å²) in [5.74, 6) is 0. The quantitative estimate of drug-likeness (QED) is 0.857. The van der Waals surface area contributed by atoms with Crippen molar-refractivity contribution in [2.75, 3.05) is 19.6 Å². The summed E-state index contributed by atoms with van der Waals surface area (Å²) < 4.78 is 5.47. The lowest BCUT2D eigenvalue weighted by molar-refractivity contribution is 0.0133. The van der Waals surface area contributed by atoms with Crippen LogP contribution in [-0.2, 0) is 10.3 Å². The zero-order valence-corrected chi connectivity index (χ0v) is 12.8. The molecule has 1 heterocycles. The van der Waals surface area contributed by atoms with Gasteiger partial charge in [0, 0.05) is 19.6 Å². The average Bonchev–Trinajstić information content (AvgIpc) is 2.38. The number of carbonyl (C=O) groups excluding carboxylic acids is 1. The maximum atomic E-state index is 12.2. The third-order valence-corrected chi connectivity index (χ3v) is 3.47. The summed E-state index contributed by atoms with van der Waals surface area (Å²) in [6.45, 7) is 9.86. The third-order valence-electron chi connectivity index (χ3n) is 3.47. The number of benzene rings is 1. The molecule has 1 aliphatic heterocycles. The molecule has 0 unspecified atom stereocenters. The Bertz CT molecular complexity index is 467. The van der Waals surface area contributed by atoms with Crippen LogP contribution in [0.5, 0.6) is 0 Å². The van der Waals surface area contributed by atoms with Crippen molar-refractivity contribution in [3.63, 3.8) is 0 Å². The van der Waals surface area contributed by atoms with Crippen LogP contribution in [0.4, 0.5) is 4.79 Å². The molecular weight excluding hydrogens is 252 g/mol. The second-order valence-electron chi connectivity index (χ2n) is 6.53. The first kappa shape index (κ1) is 14.9. The maximum Gasteiger partial charge on any atom is 0.410 e. The van der Waals surface area contributed by atoms with Crippen molar-refractivity contribution in [1.29, 1.82) is 0 Å². The zero-order chi connectivity index (χ0) is 14.8. The summed E-state index contributed by atoms with van der Waals surface area (Å²) in [5, 5.41) is 3.51. The van der Waals surface area contributed by atoms with E-state index in [0.29, 0.717) is 13.1 Å². The second-order valence-corrected chi connectivity index (χ2v) is 6.53. The molecule has 1 fully saturated rings. The molecule has 0 aromatic heterocycles. The first-order valence-electron chi connectivity index (χ1n) is 7.09. The first-order chi connectivity index (χ1) is 9.30. The van der Waals surface area contributed by atoms with Crippen molar-refractivity contribution in [3.8, 4) is 0 Å². The van der Waals surface area contributed by atoms with Gasteiger partial charge in [-0.15, -0.1) is 0 Å². The normalized spacial score (nSPS) is 23.5. The lowest BCUT2D eigenvalue weighted by atomic mass is 9.90. The Hall–Kier alpha value is -1.55. The van der Waals surface area contributed by atoms with Crippen LogP contribution in [0.2, 0.25) is 0 Å². The molecule has 2 rings (SSSR count). The Labute approximate surface area is 121 Å². The Balaban J connectivity index is 2.11. The number of hydrogen-bond donors (Lipinski definition) is 1. The van der Waals surface area contributed by atoms with Gasteiger partial charge in [-0.1, -0.05) is 30.3 Å². The van der Waals surface area contributed by atoms with Crippen LogP contribution in [0.15, 0.2) is 30.3 Å². The molecule has 0 saturated carbocycles. The minimum atomic E-state index is -0.453. The Morgan fingerprint density at radius 2 is 1.95 bits per heavy atom. The molecule has 0 aliphatic carbocycles. The highest BCUT2D eigenvalue weighted by atomic mass is 16.6. The third kappa shape index (κ3) is 3.51. The van der Waals surface area contributed by atoms with E-state index in [1.807, 2.05) is 39.0 Å². The van der Waals surface area contributed by atoms with Gasteiger partial charge in [0.1, 0.15) is 5.60 Å². The van der Waals surface area contributed by atoms with Crippen LogP contribution in [0.25, 0.3) is 0 Å². The highest BCUT2D eigenvalue weighted by Crippen LogP contribution is 2.25. The smallest absolute Gasteiger partial charge is 0.410 e. The Kier molecular flexibility index (Phi) is 4.04. The highest BCUT2D eigenvalue weighted by molar-refractivity contribution is 5.68. The standard InChI is InChI=1S/C16H24N2O2/c1-15(2,3)20-14(19)18-11-10-17-16(4,12-18)13-8-6-5-7-9-13/h5-9,17H,10-12H2,1-4H3/t16-/m0/s1. The number of ether oxygens (including phenoxy) is 1. The minimum Gasteiger partial charge on any atom is -0.444 e. The van der Waals surface area contributed by atoms with Crippen molar-refractivity contribution in [1.82, 2.24) is 10.2 Å². The molecule has 1 aromatic carbocycles. The van der Waals surface area contributed by atoms with E-state index in [9.17, 15) is 4.79 Å². The van der Waals surface area contributed by atoms with Gasteiger partial charge in [-0.05, 0) is 33.3 Å². The summed E-state index contributed by atoms with van der Waals surface area (Å²) in [4.78, 5) is 14.0. The molecule has 1 aromatic rings. The van der Waals surface area contributed by atoms with Crippen LogP contribution >= 0.6 is 0 Å². The van der Waals surface area contributed by atoms with E-state index in [1.165, 1.54) is 5.56 Å². The van der Waals surface area contributed by atoms with E-state index in [1.54, 1.807) is 4.90 Å². The van der Waals surface area contributed by atoms with E-state index in [4.69, 9.17) is 4.74 Å². The topological polar surface area (TPSA) is 41.6 Å².